The monoisotopic (exact) mass is 363 g/mol. The van der Waals surface area contributed by atoms with Crippen LogP contribution in [0.2, 0.25) is 0 Å². The SMILES string of the molecule is COc1ccc(S(=O)(=O)NCC2(O)Cc3ccccc3C2)cc1OC. The number of ether oxygens (including phenoxy) is 2. The van der Waals surface area contributed by atoms with Crippen molar-refractivity contribution in [2.45, 2.75) is 23.3 Å². The summed E-state index contributed by atoms with van der Waals surface area (Å²) in [6, 6.07) is 12.1. The van der Waals surface area contributed by atoms with E-state index >= 15 is 0 Å². The maximum Gasteiger partial charge on any atom is 0.240 e. The molecule has 3 rings (SSSR count). The predicted molar refractivity (Wildman–Crippen MR) is 93.5 cm³/mol. The molecule has 0 bridgehead atoms. The zero-order valence-electron chi connectivity index (χ0n) is 14.2. The van der Waals surface area contributed by atoms with Crippen molar-refractivity contribution < 1.29 is 23.0 Å². The van der Waals surface area contributed by atoms with E-state index in [0.717, 1.165) is 11.1 Å². The number of sulfonamides is 1. The van der Waals surface area contributed by atoms with E-state index in [9.17, 15) is 13.5 Å². The second-order valence-electron chi connectivity index (χ2n) is 6.19. The molecule has 0 spiro atoms. The van der Waals surface area contributed by atoms with Crippen LogP contribution >= 0.6 is 0 Å². The van der Waals surface area contributed by atoms with Crippen LogP contribution in [0.5, 0.6) is 11.5 Å². The molecule has 0 heterocycles. The Morgan fingerprint density at radius 3 is 2.20 bits per heavy atom. The summed E-state index contributed by atoms with van der Waals surface area (Å²) in [5, 5.41) is 10.7. The van der Waals surface area contributed by atoms with Gasteiger partial charge in [-0.2, -0.15) is 0 Å². The smallest absolute Gasteiger partial charge is 0.240 e. The van der Waals surface area contributed by atoms with Crippen molar-refractivity contribution in [1.29, 1.82) is 0 Å². The van der Waals surface area contributed by atoms with Gasteiger partial charge in [0.1, 0.15) is 0 Å². The lowest BCUT2D eigenvalue weighted by atomic mass is 10.0. The summed E-state index contributed by atoms with van der Waals surface area (Å²) < 4.78 is 37.9. The van der Waals surface area contributed by atoms with Gasteiger partial charge in [-0.3, -0.25) is 0 Å². The van der Waals surface area contributed by atoms with Crippen molar-refractivity contribution in [2.24, 2.45) is 0 Å². The van der Waals surface area contributed by atoms with Crippen molar-refractivity contribution in [3.63, 3.8) is 0 Å². The molecule has 0 saturated carbocycles. The van der Waals surface area contributed by atoms with Crippen LogP contribution in [0.1, 0.15) is 11.1 Å². The van der Waals surface area contributed by atoms with Crippen LogP contribution in [0, 0.1) is 0 Å². The maximum absolute atomic E-state index is 12.6. The summed E-state index contributed by atoms with van der Waals surface area (Å²) in [4.78, 5) is 0.0595. The minimum Gasteiger partial charge on any atom is -0.493 e. The molecule has 0 atom stereocenters. The highest BCUT2D eigenvalue weighted by molar-refractivity contribution is 7.89. The number of hydrogen-bond acceptors (Lipinski definition) is 5. The Bertz CT molecular complexity index is 854. The summed E-state index contributed by atoms with van der Waals surface area (Å²) in [5.41, 5.74) is 0.985. The van der Waals surface area contributed by atoms with Crippen LogP contribution in [-0.4, -0.2) is 39.9 Å². The summed E-state index contributed by atoms with van der Waals surface area (Å²) in [6.45, 7) is -0.0572. The van der Waals surface area contributed by atoms with Crippen LogP contribution in [-0.2, 0) is 22.9 Å². The number of fused-ring (bicyclic) bond motifs is 1. The number of nitrogens with one attached hydrogen (secondary N) is 1. The van der Waals surface area contributed by atoms with Gasteiger partial charge in [0, 0.05) is 25.5 Å². The molecule has 2 aromatic carbocycles. The first-order valence-electron chi connectivity index (χ1n) is 7.88. The molecule has 0 saturated heterocycles. The molecule has 6 nitrogen and oxygen atoms in total. The molecule has 0 radical (unpaired) electrons. The lowest BCUT2D eigenvalue weighted by Crippen LogP contribution is -2.43. The Balaban J connectivity index is 1.75. The summed E-state index contributed by atoms with van der Waals surface area (Å²) in [7, 11) is -0.848. The minimum absolute atomic E-state index is 0.0572. The van der Waals surface area contributed by atoms with Gasteiger partial charge in [0.2, 0.25) is 10.0 Å². The average molecular weight is 363 g/mol. The highest BCUT2D eigenvalue weighted by atomic mass is 32.2. The van der Waals surface area contributed by atoms with Gasteiger partial charge in [0.25, 0.3) is 0 Å². The standard InChI is InChI=1S/C18H21NO5S/c1-23-16-8-7-15(9-17(16)24-2)25(21,22)19-12-18(20)10-13-5-3-4-6-14(13)11-18/h3-9,19-20H,10-12H2,1-2H3. The fourth-order valence-electron chi connectivity index (χ4n) is 3.10. The molecule has 0 fully saturated rings. The summed E-state index contributed by atoms with van der Waals surface area (Å²) in [5.74, 6) is 0.781. The predicted octanol–water partition coefficient (Wildman–Crippen LogP) is 1.51. The average Bonchev–Trinajstić information content (AvgIpc) is 2.96. The fourth-order valence-corrected chi connectivity index (χ4v) is 4.23. The maximum atomic E-state index is 12.6. The topological polar surface area (TPSA) is 84.9 Å². The minimum atomic E-state index is -3.78. The van der Waals surface area contributed by atoms with Crippen molar-refractivity contribution in [3.05, 3.63) is 53.6 Å². The van der Waals surface area contributed by atoms with Crippen LogP contribution < -0.4 is 14.2 Å². The molecule has 1 aliphatic rings. The third kappa shape index (κ3) is 3.63. The van der Waals surface area contributed by atoms with Crippen LogP contribution in [0.3, 0.4) is 0 Å². The van der Waals surface area contributed by atoms with E-state index in [1.165, 1.54) is 32.4 Å². The molecule has 0 aliphatic heterocycles. The molecular weight excluding hydrogens is 342 g/mol. The van der Waals surface area contributed by atoms with E-state index in [4.69, 9.17) is 9.47 Å². The number of methoxy groups -OCH3 is 2. The van der Waals surface area contributed by atoms with Gasteiger partial charge in [-0.05, 0) is 23.3 Å². The van der Waals surface area contributed by atoms with Gasteiger partial charge in [0.15, 0.2) is 11.5 Å². The van der Waals surface area contributed by atoms with Crippen molar-refractivity contribution in [1.82, 2.24) is 4.72 Å². The first-order chi connectivity index (χ1) is 11.9. The quantitative estimate of drug-likeness (QED) is 0.813. The van der Waals surface area contributed by atoms with Crippen molar-refractivity contribution in [2.75, 3.05) is 20.8 Å². The number of hydrogen-bond donors (Lipinski definition) is 2. The van der Waals surface area contributed by atoms with Crippen molar-refractivity contribution >= 4 is 10.0 Å². The Hall–Kier alpha value is -2.09. The van der Waals surface area contributed by atoms with Gasteiger partial charge in [0.05, 0.1) is 24.7 Å². The highest BCUT2D eigenvalue weighted by Gasteiger charge is 2.36. The number of benzene rings is 2. The van der Waals surface area contributed by atoms with Crippen LogP contribution in [0.4, 0.5) is 0 Å². The number of aliphatic hydroxyl groups is 1. The van der Waals surface area contributed by atoms with Crippen LogP contribution in [0.25, 0.3) is 0 Å². The molecule has 25 heavy (non-hydrogen) atoms. The molecule has 2 N–H and O–H groups in total. The highest BCUT2D eigenvalue weighted by Crippen LogP contribution is 2.31. The zero-order valence-corrected chi connectivity index (χ0v) is 15.0. The first kappa shape index (κ1) is 17.7. The van der Waals surface area contributed by atoms with E-state index in [1.54, 1.807) is 0 Å². The lowest BCUT2D eigenvalue weighted by Gasteiger charge is -2.22. The summed E-state index contributed by atoms with van der Waals surface area (Å²) >= 11 is 0. The lowest BCUT2D eigenvalue weighted by molar-refractivity contribution is 0.0567. The molecule has 7 heteroatoms. The summed E-state index contributed by atoms with van der Waals surface area (Å²) in [6.07, 6.45) is 0.856. The molecular formula is C18H21NO5S. The van der Waals surface area contributed by atoms with E-state index in [-0.39, 0.29) is 11.4 Å². The second kappa shape index (κ2) is 6.67. The Morgan fingerprint density at radius 1 is 1.04 bits per heavy atom. The van der Waals surface area contributed by atoms with Gasteiger partial charge in [-0.1, -0.05) is 24.3 Å². The van der Waals surface area contributed by atoms with Crippen molar-refractivity contribution in [3.8, 4) is 11.5 Å². The third-order valence-electron chi connectivity index (χ3n) is 4.41. The molecule has 0 aromatic heterocycles. The van der Waals surface area contributed by atoms with E-state index in [1.807, 2.05) is 24.3 Å². The van der Waals surface area contributed by atoms with E-state index < -0.39 is 15.6 Å². The number of rotatable bonds is 6. The second-order valence-corrected chi connectivity index (χ2v) is 7.95. The van der Waals surface area contributed by atoms with Gasteiger partial charge >= 0.3 is 0 Å². The fraction of sp³-hybridized carbons (Fsp3) is 0.333. The van der Waals surface area contributed by atoms with Gasteiger partial charge in [-0.25, -0.2) is 13.1 Å². The molecule has 134 valence electrons. The first-order valence-corrected chi connectivity index (χ1v) is 9.36. The molecule has 0 amide bonds. The largest absolute Gasteiger partial charge is 0.493 e. The van der Waals surface area contributed by atoms with Gasteiger partial charge < -0.3 is 14.6 Å². The Kier molecular flexibility index (Phi) is 4.73. The van der Waals surface area contributed by atoms with Gasteiger partial charge in [-0.15, -0.1) is 0 Å². The third-order valence-corrected chi connectivity index (χ3v) is 5.81. The van der Waals surface area contributed by atoms with Crippen LogP contribution in [0.15, 0.2) is 47.4 Å². The molecule has 2 aromatic rings. The Labute approximate surface area is 147 Å². The Morgan fingerprint density at radius 2 is 1.64 bits per heavy atom. The zero-order chi connectivity index (χ0) is 18.1. The normalized spacial score (nSPS) is 15.6. The van der Waals surface area contributed by atoms with E-state index in [0.29, 0.717) is 24.3 Å². The van der Waals surface area contributed by atoms with E-state index in [2.05, 4.69) is 4.72 Å². The molecule has 0 unspecified atom stereocenters. The molecule has 1 aliphatic carbocycles.